The molecule has 7 rings (SSSR count). The van der Waals surface area contributed by atoms with E-state index in [-0.39, 0.29) is 34.5 Å². The van der Waals surface area contributed by atoms with E-state index in [4.69, 9.17) is 15.5 Å². The number of carbonyl (C=O) groups is 2. The number of aromatic nitrogens is 1. The molecule has 2 bridgehead atoms. The zero-order valence-corrected chi connectivity index (χ0v) is 30.2. The minimum Gasteiger partial charge on any atom is -0.504 e. The number of hydrogen-bond donors (Lipinski definition) is 3. The van der Waals surface area contributed by atoms with Crippen LogP contribution in [0.15, 0.2) is 54.5 Å². The first-order valence-electron chi connectivity index (χ1n) is 17.8. The van der Waals surface area contributed by atoms with Crippen molar-refractivity contribution in [2.75, 3.05) is 25.3 Å². The van der Waals surface area contributed by atoms with Gasteiger partial charge in [0.25, 0.3) is 0 Å². The number of phenols is 1. The molecule has 1 aromatic carbocycles. The number of aromatic hydroxyl groups is 1. The Morgan fingerprint density at radius 2 is 1.98 bits per heavy atom. The van der Waals surface area contributed by atoms with Crippen molar-refractivity contribution in [2.45, 2.75) is 88.3 Å². The summed E-state index contributed by atoms with van der Waals surface area (Å²) < 4.78 is 5.42. The molecule has 0 radical (unpaired) electrons. The first-order chi connectivity index (χ1) is 23.7. The summed E-state index contributed by atoms with van der Waals surface area (Å²) >= 11 is 0. The second kappa shape index (κ2) is 14.1. The summed E-state index contributed by atoms with van der Waals surface area (Å²) in [5.74, 6) is 2.34. The van der Waals surface area contributed by atoms with Gasteiger partial charge in [0.1, 0.15) is 11.6 Å². The van der Waals surface area contributed by atoms with Crippen molar-refractivity contribution >= 4 is 45.0 Å². The smallest absolute Gasteiger partial charge is 0.163 e. The number of ether oxygens (including phenoxy) is 1. The van der Waals surface area contributed by atoms with Gasteiger partial charge in [0.15, 0.2) is 17.3 Å². The van der Waals surface area contributed by atoms with Crippen molar-refractivity contribution in [1.82, 2.24) is 15.2 Å². The van der Waals surface area contributed by atoms with Gasteiger partial charge in [-0.1, -0.05) is 59.9 Å². The van der Waals surface area contributed by atoms with Gasteiger partial charge in [0, 0.05) is 36.1 Å². The molecule has 5 aliphatic rings. The molecule has 1 aromatic heterocycles. The summed E-state index contributed by atoms with van der Waals surface area (Å²) in [6.45, 7) is 2.97. The van der Waals surface area contributed by atoms with Gasteiger partial charge in [-0.2, -0.15) is 0 Å². The number of benzene rings is 1. The molecule has 4 heterocycles. The van der Waals surface area contributed by atoms with Gasteiger partial charge < -0.3 is 25.8 Å². The van der Waals surface area contributed by atoms with E-state index < -0.39 is 0 Å². The second-order valence-electron chi connectivity index (χ2n) is 14.7. The molecule has 2 saturated carbocycles. The quantitative estimate of drug-likeness (QED) is 0.217. The van der Waals surface area contributed by atoms with Gasteiger partial charge >= 0.3 is 0 Å². The summed E-state index contributed by atoms with van der Waals surface area (Å²) in [7, 11) is 5.35. The van der Waals surface area contributed by atoms with E-state index in [1.807, 2.05) is 27.8 Å². The third-order valence-electron chi connectivity index (χ3n) is 11.7. The van der Waals surface area contributed by atoms with Gasteiger partial charge in [-0.25, -0.2) is 4.98 Å². The van der Waals surface area contributed by atoms with Gasteiger partial charge in [-0.3, -0.25) is 9.59 Å². The molecule has 10 heteroatoms. The Balaban J connectivity index is 1.35. The average molecular weight is 701 g/mol. The fourth-order valence-electron chi connectivity index (χ4n) is 9.13. The van der Waals surface area contributed by atoms with Crippen LogP contribution >= 0.6 is 21.6 Å². The highest BCUT2D eigenvalue weighted by Crippen LogP contribution is 2.67. The summed E-state index contributed by atoms with van der Waals surface area (Å²) in [5.41, 5.74) is 11.9. The van der Waals surface area contributed by atoms with E-state index in [1.54, 1.807) is 18.2 Å². The first-order valence-corrected chi connectivity index (χ1v) is 20.2. The molecule has 4 N–H and O–H groups in total. The molecule has 2 aromatic rings. The van der Waals surface area contributed by atoms with Crippen LogP contribution < -0.4 is 15.8 Å². The van der Waals surface area contributed by atoms with Gasteiger partial charge in [-0.05, 0) is 96.9 Å². The Kier molecular flexibility index (Phi) is 9.81. The summed E-state index contributed by atoms with van der Waals surface area (Å²) in [6, 6.07) is 5.69. The highest BCUT2D eigenvalue weighted by atomic mass is 33.1. The fraction of sp³-hybridized carbons (Fsp3) is 0.513. The Bertz CT molecular complexity index is 1700. The van der Waals surface area contributed by atoms with Gasteiger partial charge in [-0.15, -0.1) is 0 Å². The van der Waals surface area contributed by atoms with Crippen molar-refractivity contribution < 1.29 is 19.4 Å². The monoisotopic (exact) mass is 700 g/mol. The zero-order valence-electron chi connectivity index (χ0n) is 28.6. The zero-order chi connectivity index (χ0) is 34.2. The van der Waals surface area contributed by atoms with E-state index in [0.717, 1.165) is 53.9 Å². The maximum Gasteiger partial charge on any atom is 0.163 e. The van der Waals surface area contributed by atoms with Crippen LogP contribution in [-0.2, 0) is 16.0 Å². The van der Waals surface area contributed by atoms with Crippen LogP contribution in [-0.4, -0.2) is 51.6 Å². The van der Waals surface area contributed by atoms with E-state index in [0.29, 0.717) is 41.7 Å². The molecule has 0 amide bonds. The number of phenolic OH excluding ortho intramolecular Hbond substituents is 1. The van der Waals surface area contributed by atoms with Crippen LogP contribution in [0.3, 0.4) is 0 Å². The standard InChI is InChI=1S/C39H48N4O4S2/c1-3-25-6-10-31(44)18-32(45)11-7-27-17-35(47-2)34(46)16-28(27)14-26-15-33(37(40)42-20-26)36(49-48-22-25)39-23-38(12-4-5-13-38)19-29(39)8-9-30-21-41-24-43(30)39/h7-9,11,15-17,20-21,25,29,36,41,46H,3-6,10,12-14,18-19,22-24H2,1-2H3,(H2,40,42). The normalized spacial score (nSPS) is 28.3. The molecule has 49 heavy (non-hydrogen) atoms. The fourth-order valence-corrected chi connectivity index (χ4v) is 12.8. The third kappa shape index (κ3) is 6.63. The lowest BCUT2D eigenvalue weighted by Gasteiger charge is -2.51. The predicted molar refractivity (Wildman–Crippen MR) is 199 cm³/mol. The Hall–Kier alpha value is -3.37. The number of carbonyl (C=O) groups excluding carboxylic acids is 2. The lowest BCUT2D eigenvalue weighted by atomic mass is 9.75. The molecule has 1 spiro atoms. The number of allylic oxidation sites excluding steroid dienone is 2. The van der Waals surface area contributed by atoms with Crippen LogP contribution in [0.1, 0.15) is 98.6 Å². The average Bonchev–Trinajstić information content (AvgIpc) is 3.83. The molecule has 8 nitrogen and oxygen atoms in total. The topological polar surface area (TPSA) is 118 Å². The molecular weight excluding hydrogens is 653 g/mol. The molecule has 2 aliphatic carbocycles. The molecule has 3 aliphatic heterocycles. The van der Waals surface area contributed by atoms with E-state index >= 15 is 0 Å². The van der Waals surface area contributed by atoms with Crippen LogP contribution in [0.4, 0.5) is 5.82 Å². The maximum atomic E-state index is 12.9. The molecule has 2 fully saturated rings. The maximum absolute atomic E-state index is 12.9. The largest absolute Gasteiger partial charge is 0.504 e. The number of nitrogen functional groups attached to an aromatic ring is 1. The Labute approximate surface area is 297 Å². The van der Waals surface area contributed by atoms with Crippen LogP contribution in [0.25, 0.3) is 6.08 Å². The van der Waals surface area contributed by atoms with Crippen molar-refractivity contribution in [3.05, 3.63) is 76.8 Å². The number of nitrogens with one attached hydrogen (secondary N) is 1. The van der Waals surface area contributed by atoms with Crippen molar-refractivity contribution in [3.63, 3.8) is 0 Å². The van der Waals surface area contributed by atoms with Crippen molar-refractivity contribution in [3.8, 4) is 11.5 Å². The highest BCUT2D eigenvalue weighted by Gasteiger charge is 2.62. The second-order valence-corrected chi connectivity index (χ2v) is 17.2. The molecular formula is C39H48N4O4S2. The third-order valence-corrected chi connectivity index (χ3v) is 14.7. The number of methoxy groups -OCH3 is 1. The number of Topliss-reactive ketones (excluding diaryl/α,β-unsaturated/α-hetero) is 1. The SMILES string of the molecule is CCC1CCC(=O)CC(=O)C=Cc2cc(OC)c(O)cc2Cc2cnc(N)c(c2)C(C23CC4(CCCC4)CC2C=CC2=CNCN23)SSC1. The van der Waals surface area contributed by atoms with Crippen LogP contribution in [0.2, 0.25) is 0 Å². The number of fused-ring (bicyclic) bond motifs is 6. The highest BCUT2D eigenvalue weighted by molar-refractivity contribution is 8.76. The van der Waals surface area contributed by atoms with E-state index in [1.165, 1.54) is 51.0 Å². The molecule has 4 unspecified atom stereocenters. The van der Waals surface area contributed by atoms with Crippen LogP contribution in [0, 0.1) is 17.3 Å². The lowest BCUT2D eigenvalue weighted by molar-refractivity contribution is -0.124. The van der Waals surface area contributed by atoms with Crippen LogP contribution in [0.5, 0.6) is 11.5 Å². The summed E-state index contributed by atoms with van der Waals surface area (Å²) in [4.78, 5) is 33.3. The number of anilines is 1. The van der Waals surface area contributed by atoms with E-state index in [9.17, 15) is 14.7 Å². The number of rotatable bonds is 3. The van der Waals surface area contributed by atoms with Crippen molar-refractivity contribution in [1.29, 1.82) is 0 Å². The number of ketones is 2. The Morgan fingerprint density at radius 1 is 1.14 bits per heavy atom. The summed E-state index contributed by atoms with van der Waals surface area (Å²) in [5, 5.41) is 14.4. The van der Waals surface area contributed by atoms with Gasteiger partial charge in [0.05, 0.1) is 36.7 Å². The minimum absolute atomic E-state index is 0.0218. The van der Waals surface area contributed by atoms with E-state index in [2.05, 4.69) is 41.6 Å². The summed E-state index contributed by atoms with van der Waals surface area (Å²) in [6.07, 6.45) is 22.0. The minimum atomic E-state index is -0.224. The Morgan fingerprint density at radius 3 is 2.78 bits per heavy atom. The molecule has 4 atom stereocenters. The number of nitrogens with zero attached hydrogens (tertiary/aromatic N) is 2. The molecule has 260 valence electrons. The number of hydrogen-bond acceptors (Lipinski definition) is 10. The number of pyridine rings is 1. The predicted octanol–water partition coefficient (Wildman–Crippen LogP) is 7.74. The first kappa shape index (κ1) is 34.1. The lowest BCUT2D eigenvalue weighted by Crippen LogP contribution is -2.55. The number of nitrogens with two attached hydrogens (primary N) is 1. The van der Waals surface area contributed by atoms with Crippen molar-refractivity contribution in [2.24, 2.45) is 17.3 Å². The molecule has 0 saturated heterocycles. The van der Waals surface area contributed by atoms with Gasteiger partial charge in [0.2, 0.25) is 0 Å².